The second kappa shape index (κ2) is 5.14. The lowest BCUT2D eigenvalue weighted by atomic mass is 10.1. The number of carboxylic acid groups (broad SMARTS) is 1. The highest BCUT2D eigenvalue weighted by molar-refractivity contribution is 6.28. The molecule has 18 heavy (non-hydrogen) atoms. The summed E-state index contributed by atoms with van der Waals surface area (Å²) >= 11 is 5.72. The molecule has 5 heteroatoms. The molecule has 0 saturated heterocycles. The van der Waals surface area contributed by atoms with Crippen LogP contribution in [0.2, 0.25) is 5.28 Å². The summed E-state index contributed by atoms with van der Waals surface area (Å²) in [4.78, 5) is 18.6. The van der Waals surface area contributed by atoms with E-state index in [-0.39, 0.29) is 11.0 Å². The Morgan fingerprint density at radius 1 is 1.28 bits per heavy atom. The monoisotopic (exact) mass is 262 g/mol. The smallest absolute Gasteiger partial charge is 0.354 e. The van der Waals surface area contributed by atoms with Crippen molar-refractivity contribution in [3.63, 3.8) is 0 Å². The lowest BCUT2D eigenvalue weighted by Crippen LogP contribution is -2.02. The third kappa shape index (κ3) is 2.65. The molecule has 0 bridgehead atoms. The van der Waals surface area contributed by atoms with Crippen LogP contribution < -0.4 is 0 Å². The van der Waals surface area contributed by atoms with Gasteiger partial charge < -0.3 is 5.11 Å². The van der Waals surface area contributed by atoms with E-state index in [1.54, 1.807) is 0 Å². The second-order valence-electron chi connectivity index (χ2n) is 3.76. The molecule has 0 aliphatic heterocycles. The Bertz CT molecular complexity index is 582. The molecule has 0 aliphatic carbocycles. The first-order chi connectivity index (χ1) is 8.60. The van der Waals surface area contributed by atoms with Crippen molar-refractivity contribution < 1.29 is 9.90 Å². The summed E-state index contributed by atoms with van der Waals surface area (Å²) in [6.07, 6.45) is 0.950. The van der Waals surface area contributed by atoms with Gasteiger partial charge in [0.05, 0.1) is 5.69 Å². The van der Waals surface area contributed by atoms with Gasteiger partial charge in [0.15, 0.2) is 5.69 Å². The topological polar surface area (TPSA) is 63.1 Å². The van der Waals surface area contributed by atoms with Gasteiger partial charge >= 0.3 is 5.97 Å². The van der Waals surface area contributed by atoms with Gasteiger partial charge in [0.2, 0.25) is 5.28 Å². The fourth-order valence-electron chi connectivity index (χ4n) is 1.59. The first kappa shape index (κ1) is 12.5. The number of carbonyl (C=O) groups is 1. The zero-order chi connectivity index (χ0) is 13.1. The molecule has 0 spiro atoms. The summed E-state index contributed by atoms with van der Waals surface area (Å²) < 4.78 is 0. The molecule has 0 atom stereocenters. The number of carboxylic acids is 1. The average Bonchev–Trinajstić information content (AvgIpc) is 2.38. The van der Waals surface area contributed by atoms with Gasteiger partial charge in [0.25, 0.3) is 0 Å². The van der Waals surface area contributed by atoms with E-state index in [4.69, 9.17) is 16.7 Å². The number of rotatable bonds is 3. The fourth-order valence-corrected chi connectivity index (χ4v) is 1.77. The highest BCUT2D eigenvalue weighted by Crippen LogP contribution is 2.20. The molecule has 1 N–H and O–H groups in total. The lowest BCUT2D eigenvalue weighted by molar-refractivity contribution is 0.0690. The van der Waals surface area contributed by atoms with Crippen LogP contribution in [0, 0.1) is 0 Å². The summed E-state index contributed by atoms with van der Waals surface area (Å²) in [5.41, 5.74) is 2.43. The van der Waals surface area contributed by atoms with Crippen LogP contribution in [0.4, 0.5) is 0 Å². The molecule has 2 rings (SSSR count). The van der Waals surface area contributed by atoms with Crippen molar-refractivity contribution in [1.29, 1.82) is 0 Å². The quantitative estimate of drug-likeness (QED) is 0.864. The second-order valence-corrected chi connectivity index (χ2v) is 4.10. The van der Waals surface area contributed by atoms with E-state index >= 15 is 0 Å². The minimum Gasteiger partial charge on any atom is -0.477 e. The SMILES string of the molecule is CCc1ccc(-c2cc(C(=O)O)nc(Cl)n2)cc1. The molecule has 1 heterocycles. The molecular formula is C13H11ClN2O2. The molecule has 1 aromatic carbocycles. The number of aromatic carboxylic acids is 1. The van der Waals surface area contributed by atoms with Crippen LogP contribution in [0.3, 0.4) is 0 Å². The summed E-state index contributed by atoms with van der Waals surface area (Å²) in [6.45, 7) is 2.07. The molecule has 0 radical (unpaired) electrons. The molecule has 1 aromatic heterocycles. The normalized spacial score (nSPS) is 10.3. The molecule has 92 valence electrons. The van der Waals surface area contributed by atoms with E-state index in [2.05, 4.69) is 16.9 Å². The van der Waals surface area contributed by atoms with Crippen LogP contribution in [0.1, 0.15) is 23.0 Å². The predicted octanol–water partition coefficient (Wildman–Crippen LogP) is 3.06. The van der Waals surface area contributed by atoms with Crippen molar-refractivity contribution in [3.05, 3.63) is 46.9 Å². The number of hydrogen-bond acceptors (Lipinski definition) is 3. The van der Waals surface area contributed by atoms with Crippen LogP contribution in [0.15, 0.2) is 30.3 Å². The Balaban J connectivity index is 2.46. The molecule has 0 aliphatic rings. The lowest BCUT2D eigenvalue weighted by Gasteiger charge is -2.04. The molecule has 0 fully saturated rings. The summed E-state index contributed by atoms with van der Waals surface area (Å²) in [7, 11) is 0. The standard InChI is InChI=1S/C13H11ClN2O2/c1-2-8-3-5-9(6-4-8)10-7-11(12(17)18)16-13(14)15-10/h3-7H,2H2,1H3,(H,17,18). The number of halogens is 1. The molecule has 0 saturated carbocycles. The van der Waals surface area contributed by atoms with Crippen LogP contribution in [-0.2, 0) is 6.42 Å². The highest BCUT2D eigenvalue weighted by atomic mass is 35.5. The van der Waals surface area contributed by atoms with Gasteiger partial charge in [-0.2, -0.15) is 0 Å². The maximum Gasteiger partial charge on any atom is 0.354 e. The maximum absolute atomic E-state index is 10.9. The Kier molecular flexibility index (Phi) is 3.58. The van der Waals surface area contributed by atoms with Gasteiger partial charge in [-0.15, -0.1) is 0 Å². The molecule has 2 aromatic rings. The first-order valence-corrected chi connectivity index (χ1v) is 5.85. The van der Waals surface area contributed by atoms with Crippen molar-refractivity contribution in [1.82, 2.24) is 9.97 Å². The van der Waals surface area contributed by atoms with Gasteiger partial charge in [0.1, 0.15) is 0 Å². The average molecular weight is 263 g/mol. The zero-order valence-corrected chi connectivity index (χ0v) is 10.5. The third-order valence-electron chi connectivity index (χ3n) is 2.58. The van der Waals surface area contributed by atoms with E-state index in [1.807, 2.05) is 24.3 Å². The first-order valence-electron chi connectivity index (χ1n) is 5.47. The van der Waals surface area contributed by atoms with Gasteiger partial charge in [-0.3, -0.25) is 0 Å². The highest BCUT2D eigenvalue weighted by Gasteiger charge is 2.10. The minimum atomic E-state index is -1.12. The van der Waals surface area contributed by atoms with Crippen LogP contribution in [0.5, 0.6) is 0 Å². The minimum absolute atomic E-state index is 0.0653. The predicted molar refractivity (Wildman–Crippen MR) is 68.8 cm³/mol. The van der Waals surface area contributed by atoms with Gasteiger partial charge in [-0.25, -0.2) is 14.8 Å². The summed E-state index contributed by atoms with van der Waals surface area (Å²) in [6, 6.07) is 9.15. The summed E-state index contributed by atoms with van der Waals surface area (Å²) in [5, 5.41) is 8.85. The Morgan fingerprint density at radius 2 is 1.94 bits per heavy atom. The van der Waals surface area contributed by atoms with Gasteiger partial charge in [0, 0.05) is 5.56 Å². The van der Waals surface area contributed by atoms with Crippen LogP contribution in [0.25, 0.3) is 11.3 Å². The van der Waals surface area contributed by atoms with Crippen molar-refractivity contribution >= 4 is 17.6 Å². The molecule has 4 nitrogen and oxygen atoms in total. The molecular weight excluding hydrogens is 252 g/mol. The largest absolute Gasteiger partial charge is 0.477 e. The van der Waals surface area contributed by atoms with E-state index < -0.39 is 5.97 Å². The van der Waals surface area contributed by atoms with E-state index in [0.717, 1.165) is 12.0 Å². The van der Waals surface area contributed by atoms with E-state index in [9.17, 15) is 4.79 Å². The maximum atomic E-state index is 10.9. The Morgan fingerprint density at radius 3 is 2.50 bits per heavy atom. The number of nitrogens with zero attached hydrogens (tertiary/aromatic N) is 2. The number of aryl methyl sites for hydroxylation is 1. The Hall–Kier alpha value is -1.94. The van der Waals surface area contributed by atoms with E-state index in [0.29, 0.717) is 5.69 Å². The van der Waals surface area contributed by atoms with Crippen LogP contribution >= 0.6 is 11.6 Å². The van der Waals surface area contributed by atoms with Crippen molar-refractivity contribution in [2.75, 3.05) is 0 Å². The Labute approximate surface area is 109 Å². The molecule has 0 amide bonds. The van der Waals surface area contributed by atoms with Crippen LogP contribution in [-0.4, -0.2) is 21.0 Å². The van der Waals surface area contributed by atoms with Crippen molar-refractivity contribution in [2.45, 2.75) is 13.3 Å². The number of aromatic nitrogens is 2. The third-order valence-corrected chi connectivity index (χ3v) is 2.74. The van der Waals surface area contributed by atoms with Crippen molar-refractivity contribution in [2.24, 2.45) is 0 Å². The van der Waals surface area contributed by atoms with Gasteiger partial charge in [-0.1, -0.05) is 31.2 Å². The zero-order valence-electron chi connectivity index (χ0n) is 9.72. The van der Waals surface area contributed by atoms with Crippen molar-refractivity contribution in [3.8, 4) is 11.3 Å². The molecule has 0 unspecified atom stereocenters. The summed E-state index contributed by atoms with van der Waals surface area (Å²) in [5.74, 6) is -1.12. The van der Waals surface area contributed by atoms with Gasteiger partial charge in [-0.05, 0) is 29.7 Å². The number of benzene rings is 1. The number of hydrogen-bond donors (Lipinski definition) is 1. The fraction of sp³-hybridized carbons (Fsp3) is 0.154. The van der Waals surface area contributed by atoms with E-state index in [1.165, 1.54) is 11.6 Å².